The number of amides is 1. The fourth-order valence-electron chi connectivity index (χ4n) is 3.35. The second-order valence-electron chi connectivity index (χ2n) is 7.25. The van der Waals surface area contributed by atoms with Crippen molar-refractivity contribution in [1.29, 1.82) is 0 Å². The zero-order valence-corrected chi connectivity index (χ0v) is 17.0. The quantitative estimate of drug-likeness (QED) is 0.576. The molecule has 0 bridgehead atoms. The molecule has 142 valence electrons. The molecule has 1 aromatic heterocycles. The Kier molecular flexibility index (Phi) is 4.85. The molecule has 1 amide bonds. The zero-order valence-electron chi connectivity index (χ0n) is 16.2. The van der Waals surface area contributed by atoms with Crippen LogP contribution in [0.2, 0.25) is 0 Å². The van der Waals surface area contributed by atoms with E-state index in [2.05, 4.69) is 34.6 Å². The highest BCUT2D eigenvalue weighted by molar-refractivity contribution is 7.22. The molecule has 1 aliphatic rings. The predicted molar refractivity (Wildman–Crippen MR) is 115 cm³/mol. The van der Waals surface area contributed by atoms with Crippen molar-refractivity contribution in [2.75, 3.05) is 5.32 Å². The third-order valence-corrected chi connectivity index (χ3v) is 6.03. The van der Waals surface area contributed by atoms with Gasteiger partial charge in [0.25, 0.3) is 0 Å². The molecule has 0 aliphatic heterocycles. The normalized spacial score (nSPS) is 14.3. The van der Waals surface area contributed by atoms with Crippen LogP contribution in [0.4, 0.5) is 5.13 Å². The first-order valence-corrected chi connectivity index (χ1v) is 10.3. The van der Waals surface area contributed by atoms with Crippen molar-refractivity contribution in [3.63, 3.8) is 0 Å². The summed E-state index contributed by atoms with van der Waals surface area (Å²) in [5.41, 5.74) is 5.79. The number of aromatic nitrogens is 1. The maximum Gasteiger partial charge on any atom is 0.229 e. The average molecular weight is 391 g/mol. The third kappa shape index (κ3) is 3.62. The van der Waals surface area contributed by atoms with E-state index in [1.54, 1.807) is 6.92 Å². The number of nitrogens with one attached hydrogen (secondary N) is 1. The van der Waals surface area contributed by atoms with E-state index >= 15 is 0 Å². The van der Waals surface area contributed by atoms with Crippen LogP contribution >= 0.6 is 11.3 Å². The second kappa shape index (κ2) is 7.32. The Morgan fingerprint density at radius 3 is 2.54 bits per heavy atom. The van der Waals surface area contributed by atoms with E-state index in [4.69, 9.17) is 0 Å². The minimum atomic E-state index is 0.0664. The monoisotopic (exact) mass is 390 g/mol. The van der Waals surface area contributed by atoms with Crippen molar-refractivity contribution >= 4 is 43.9 Å². The van der Waals surface area contributed by atoms with Crippen LogP contribution in [0.3, 0.4) is 0 Å². The number of carbonyl (C=O) groups is 2. The molecule has 1 saturated carbocycles. The van der Waals surface area contributed by atoms with Gasteiger partial charge in [0.2, 0.25) is 5.91 Å². The number of rotatable bonds is 5. The lowest BCUT2D eigenvalue weighted by Gasteiger charge is -2.11. The molecule has 1 aliphatic carbocycles. The van der Waals surface area contributed by atoms with Gasteiger partial charge in [-0.15, -0.1) is 0 Å². The van der Waals surface area contributed by atoms with Gasteiger partial charge in [0.1, 0.15) is 0 Å². The van der Waals surface area contributed by atoms with Crippen LogP contribution in [0.15, 0.2) is 42.5 Å². The van der Waals surface area contributed by atoms with Gasteiger partial charge in [-0.1, -0.05) is 35.6 Å². The lowest BCUT2D eigenvalue weighted by molar-refractivity contribution is -0.117. The summed E-state index contributed by atoms with van der Waals surface area (Å²) in [5, 5.41) is 3.58. The molecule has 4 nitrogen and oxygen atoms in total. The minimum absolute atomic E-state index is 0.0664. The molecular weight excluding hydrogens is 368 g/mol. The first kappa shape index (κ1) is 18.6. The molecule has 1 N–H and O–H groups in total. The summed E-state index contributed by atoms with van der Waals surface area (Å²) in [6.07, 6.45) is 3.83. The van der Waals surface area contributed by atoms with Gasteiger partial charge >= 0.3 is 0 Å². The molecule has 2 aromatic carbocycles. The Balaban J connectivity index is 1.69. The first-order valence-electron chi connectivity index (χ1n) is 9.46. The molecule has 0 unspecified atom stereocenters. The number of nitrogens with zero attached hydrogens (tertiary/aromatic N) is 1. The highest BCUT2D eigenvalue weighted by Gasteiger charge is 2.30. The number of aryl methyl sites for hydroxylation is 1. The molecule has 1 fully saturated rings. The van der Waals surface area contributed by atoms with E-state index in [9.17, 15) is 9.59 Å². The zero-order chi connectivity index (χ0) is 19.8. The fraction of sp³-hybridized carbons (Fsp3) is 0.261. The predicted octanol–water partition coefficient (Wildman–Crippen LogP) is 5.61. The van der Waals surface area contributed by atoms with Gasteiger partial charge in [-0.2, -0.15) is 0 Å². The Hall–Kier alpha value is -2.79. The lowest BCUT2D eigenvalue weighted by atomic mass is 9.93. The Bertz CT molecular complexity index is 1120. The van der Waals surface area contributed by atoms with Gasteiger partial charge in [-0.05, 0) is 74.1 Å². The standard InChI is InChI=1S/C23H22N2O2S/c1-4-18(14(3)26)19-11-16(6-5-13(19)2)17-9-10-20-21(12-17)28-23(24-20)25-22(27)15-7-8-15/h4-6,9-12,15H,7-8H2,1-3H3,(H,24,25,27)/b18-4-. The second-order valence-corrected chi connectivity index (χ2v) is 8.28. The maximum atomic E-state index is 12.0. The third-order valence-electron chi connectivity index (χ3n) is 5.10. The van der Waals surface area contributed by atoms with Crippen LogP contribution in [-0.2, 0) is 9.59 Å². The average Bonchev–Trinajstić information content (AvgIpc) is 3.44. The van der Waals surface area contributed by atoms with Crippen LogP contribution in [0.25, 0.3) is 26.9 Å². The number of Topliss-reactive ketones (excluding diaryl/α,β-unsaturated/α-hetero) is 1. The number of allylic oxidation sites excluding steroid dienone is 2. The van der Waals surface area contributed by atoms with Gasteiger partial charge in [0.05, 0.1) is 10.2 Å². The number of carbonyl (C=O) groups excluding carboxylic acids is 2. The van der Waals surface area contributed by atoms with E-state index in [0.717, 1.165) is 50.9 Å². The summed E-state index contributed by atoms with van der Waals surface area (Å²) >= 11 is 1.49. The van der Waals surface area contributed by atoms with Gasteiger partial charge in [-0.25, -0.2) is 4.98 Å². The van der Waals surface area contributed by atoms with E-state index in [-0.39, 0.29) is 17.6 Å². The summed E-state index contributed by atoms with van der Waals surface area (Å²) in [6, 6.07) is 12.3. The number of anilines is 1. The number of ketones is 1. The number of benzene rings is 2. The van der Waals surface area contributed by atoms with Crippen molar-refractivity contribution in [2.45, 2.75) is 33.6 Å². The van der Waals surface area contributed by atoms with Crippen LogP contribution < -0.4 is 5.32 Å². The summed E-state index contributed by atoms with van der Waals surface area (Å²) in [4.78, 5) is 28.5. The SMILES string of the molecule is C/C=C(/C(C)=O)c1cc(-c2ccc3nc(NC(=O)C4CC4)sc3c2)ccc1C. The van der Waals surface area contributed by atoms with Crippen LogP contribution in [0.1, 0.15) is 37.8 Å². The molecule has 5 heteroatoms. The van der Waals surface area contributed by atoms with Crippen LogP contribution in [0.5, 0.6) is 0 Å². The largest absolute Gasteiger partial charge is 0.302 e. The highest BCUT2D eigenvalue weighted by atomic mass is 32.1. The molecule has 0 atom stereocenters. The molecular formula is C23H22N2O2S. The molecule has 28 heavy (non-hydrogen) atoms. The van der Waals surface area contributed by atoms with E-state index in [1.165, 1.54) is 11.3 Å². The van der Waals surface area contributed by atoms with Crippen molar-refractivity contribution in [1.82, 2.24) is 4.98 Å². The molecule has 1 heterocycles. The van der Waals surface area contributed by atoms with Crippen molar-refractivity contribution in [3.05, 3.63) is 53.6 Å². The highest BCUT2D eigenvalue weighted by Crippen LogP contribution is 2.34. The van der Waals surface area contributed by atoms with E-state index in [0.29, 0.717) is 5.13 Å². The Morgan fingerprint density at radius 2 is 1.86 bits per heavy atom. The molecule has 0 saturated heterocycles. The van der Waals surface area contributed by atoms with E-state index < -0.39 is 0 Å². The number of fused-ring (bicyclic) bond motifs is 1. The molecule has 0 spiro atoms. The van der Waals surface area contributed by atoms with Crippen LogP contribution in [-0.4, -0.2) is 16.7 Å². The van der Waals surface area contributed by atoms with Crippen molar-refractivity contribution in [2.24, 2.45) is 5.92 Å². The molecule has 3 aromatic rings. The maximum absolute atomic E-state index is 12.0. The smallest absolute Gasteiger partial charge is 0.229 e. The lowest BCUT2D eigenvalue weighted by Crippen LogP contribution is -2.12. The molecule has 0 radical (unpaired) electrons. The molecule has 4 rings (SSSR count). The Morgan fingerprint density at radius 1 is 1.14 bits per heavy atom. The van der Waals surface area contributed by atoms with Crippen LogP contribution in [0, 0.1) is 12.8 Å². The Labute approximate surface area is 168 Å². The van der Waals surface area contributed by atoms with Gasteiger partial charge in [0, 0.05) is 11.5 Å². The fourth-order valence-corrected chi connectivity index (χ4v) is 4.26. The first-order chi connectivity index (χ1) is 13.5. The topological polar surface area (TPSA) is 59.1 Å². The summed E-state index contributed by atoms with van der Waals surface area (Å²) in [7, 11) is 0. The number of hydrogen-bond donors (Lipinski definition) is 1. The van der Waals surface area contributed by atoms with Gasteiger partial charge in [-0.3, -0.25) is 9.59 Å². The van der Waals surface area contributed by atoms with Crippen molar-refractivity contribution < 1.29 is 9.59 Å². The number of hydrogen-bond acceptors (Lipinski definition) is 4. The number of thiazole rings is 1. The summed E-state index contributed by atoms with van der Waals surface area (Å²) in [5.74, 6) is 0.304. The van der Waals surface area contributed by atoms with Gasteiger partial charge < -0.3 is 5.32 Å². The van der Waals surface area contributed by atoms with Crippen molar-refractivity contribution in [3.8, 4) is 11.1 Å². The minimum Gasteiger partial charge on any atom is -0.302 e. The summed E-state index contributed by atoms with van der Waals surface area (Å²) < 4.78 is 1.03. The summed E-state index contributed by atoms with van der Waals surface area (Å²) in [6.45, 7) is 5.51. The van der Waals surface area contributed by atoms with Gasteiger partial charge in [0.15, 0.2) is 10.9 Å². The van der Waals surface area contributed by atoms with E-state index in [1.807, 2.05) is 32.1 Å².